The van der Waals surface area contributed by atoms with E-state index in [0.29, 0.717) is 0 Å². The first-order valence-electron chi connectivity index (χ1n) is 3.16. The molecule has 0 fully saturated rings. The Balaban J connectivity index is 0. The van der Waals surface area contributed by atoms with Gasteiger partial charge in [-0.3, -0.25) is 9.59 Å². The highest BCUT2D eigenvalue weighted by Gasteiger charge is 2.12. The first-order valence-corrected chi connectivity index (χ1v) is 3.16. The number of carbonyl (C=O) groups is 3. The first kappa shape index (κ1) is 14.1. The molecule has 13 heavy (non-hydrogen) atoms. The normalized spacial score (nSPS) is 8.15. The van der Waals surface area contributed by atoms with Crippen molar-refractivity contribution in [2.45, 2.75) is 12.8 Å². The van der Waals surface area contributed by atoms with Crippen molar-refractivity contribution < 1.29 is 29.4 Å². The van der Waals surface area contributed by atoms with Crippen LogP contribution in [0, 0.1) is 0 Å². The largest absolute Gasteiger partial charge is 0.481 e. The monoisotopic (exact) mass is 193 g/mol. The summed E-state index contributed by atoms with van der Waals surface area (Å²) < 4.78 is 0. The number of ketones is 1. The van der Waals surface area contributed by atoms with E-state index in [4.69, 9.17) is 10.2 Å². The maximum absolute atomic E-state index is 10.2. The molecule has 0 aliphatic rings. The molecule has 0 atom stereocenters. The number of carboxylic acids is 2. The third kappa shape index (κ3) is 13.5. The van der Waals surface area contributed by atoms with E-state index < -0.39 is 30.6 Å². The second-order valence-corrected chi connectivity index (χ2v) is 1.86. The Bertz CT molecular complexity index is 190. The zero-order valence-corrected chi connectivity index (χ0v) is 7.02. The highest BCUT2D eigenvalue weighted by atomic mass is 16.6. The van der Waals surface area contributed by atoms with Crippen LogP contribution in [0.1, 0.15) is 12.8 Å². The lowest BCUT2D eigenvalue weighted by Gasteiger charge is -1.88. The van der Waals surface area contributed by atoms with Crippen LogP contribution in [0.25, 0.3) is 0 Å². The number of carbonyl (C=O) groups excluding carboxylic acids is 1. The van der Waals surface area contributed by atoms with E-state index in [1.54, 1.807) is 0 Å². The number of nitrogens with two attached hydrogens (primary N) is 1. The molecule has 0 spiro atoms. The number of Topliss-reactive ketones (excluding diaryl/α,β-unsaturated/α-hetero) is 1. The van der Waals surface area contributed by atoms with Crippen LogP contribution >= 0.6 is 0 Å². The standard InChI is InChI=1S/C5H6O5.CH5NO/c6-3(5(9)10)1-2-4(7)8;1-3-2/h1-2H2,(H,7,8)(H,9,10);2H2,1H3. The average Bonchev–Trinajstić information content (AvgIpc) is 2.01. The van der Waals surface area contributed by atoms with Crippen molar-refractivity contribution in [2.24, 2.45) is 5.90 Å². The van der Waals surface area contributed by atoms with Crippen molar-refractivity contribution in [3.05, 3.63) is 0 Å². The van der Waals surface area contributed by atoms with Crippen LogP contribution in [0.5, 0.6) is 0 Å². The molecule has 0 heterocycles. The number of carboxylic acid groups (broad SMARTS) is 2. The van der Waals surface area contributed by atoms with Crippen molar-refractivity contribution in [3.63, 3.8) is 0 Å². The summed E-state index contributed by atoms with van der Waals surface area (Å²) in [5, 5.41) is 16.0. The summed E-state index contributed by atoms with van der Waals surface area (Å²) in [7, 11) is 1.40. The van der Waals surface area contributed by atoms with Crippen LogP contribution in [0.15, 0.2) is 0 Å². The highest BCUT2D eigenvalue weighted by molar-refractivity contribution is 6.32. The first-order chi connectivity index (χ1) is 5.95. The van der Waals surface area contributed by atoms with Gasteiger partial charge < -0.3 is 15.1 Å². The van der Waals surface area contributed by atoms with E-state index in [-0.39, 0.29) is 0 Å². The molecular formula is C6H11NO6. The van der Waals surface area contributed by atoms with Crippen molar-refractivity contribution in [1.29, 1.82) is 0 Å². The molecule has 0 amide bonds. The van der Waals surface area contributed by atoms with Crippen LogP contribution in [0.2, 0.25) is 0 Å². The lowest BCUT2D eigenvalue weighted by Crippen LogP contribution is -2.13. The SMILES string of the molecule is CON.O=C(O)CCC(=O)C(=O)O. The summed E-state index contributed by atoms with van der Waals surface area (Å²) in [6, 6.07) is 0. The molecule has 4 N–H and O–H groups in total. The van der Waals surface area contributed by atoms with Crippen molar-refractivity contribution in [3.8, 4) is 0 Å². The Morgan fingerprint density at radius 3 is 1.85 bits per heavy atom. The van der Waals surface area contributed by atoms with E-state index in [0.717, 1.165) is 0 Å². The molecule has 0 aliphatic heterocycles. The van der Waals surface area contributed by atoms with Crippen LogP contribution in [0.4, 0.5) is 0 Å². The van der Waals surface area contributed by atoms with Crippen LogP contribution in [0.3, 0.4) is 0 Å². The molecule has 76 valence electrons. The van der Waals surface area contributed by atoms with E-state index in [2.05, 4.69) is 10.7 Å². The van der Waals surface area contributed by atoms with Crippen LogP contribution in [-0.2, 0) is 19.2 Å². The third-order valence-electron chi connectivity index (χ3n) is 0.804. The van der Waals surface area contributed by atoms with Crippen molar-refractivity contribution >= 4 is 17.7 Å². The summed E-state index contributed by atoms with van der Waals surface area (Å²) in [5.41, 5.74) is 0. The fourth-order valence-electron chi connectivity index (χ4n) is 0.327. The van der Waals surface area contributed by atoms with Crippen LogP contribution < -0.4 is 5.90 Å². The highest BCUT2D eigenvalue weighted by Crippen LogP contribution is 1.89. The number of hydrogen-bond donors (Lipinski definition) is 3. The predicted octanol–water partition coefficient (Wildman–Crippen LogP) is -0.989. The quantitative estimate of drug-likeness (QED) is 0.386. The van der Waals surface area contributed by atoms with Gasteiger partial charge >= 0.3 is 11.9 Å². The molecule has 0 saturated heterocycles. The van der Waals surface area contributed by atoms with Gasteiger partial charge in [0.05, 0.1) is 13.5 Å². The van der Waals surface area contributed by atoms with E-state index in [1.165, 1.54) is 7.11 Å². The number of hydrogen-bond acceptors (Lipinski definition) is 5. The minimum Gasteiger partial charge on any atom is -0.481 e. The molecule has 0 unspecified atom stereocenters. The molecule has 7 nitrogen and oxygen atoms in total. The fourth-order valence-corrected chi connectivity index (χ4v) is 0.327. The maximum atomic E-state index is 10.2. The van der Waals surface area contributed by atoms with Gasteiger partial charge in [0, 0.05) is 6.42 Å². The zero-order valence-electron chi connectivity index (χ0n) is 7.02. The van der Waals surface area contributed by atoms with E-state index >= 15 is 0 Å². The summed E-state index contributed by atoms with van der Waals surface area (Å²) in [4.78, 5) is 33.5. The third-order valence-corrected chi connectivity index (χ3v) is 0.804. The Labute approximate surface area is 74.1 Å². The summed E-state index contributed by atoms with van der Waals surface area (Å²) in [6.45, 7) is 0. The second kappa shape index (κ2) is 8.62. The Kier molecular flexibility index (Phi) is 9.34. The minimum absolute atomic E-state index is 0.425. The average molecular weight is 193 g/mol. The number of aliphatic carboxylic acids is 2. The van der Waals surface area contributed by atoms with Gasteiger partial charge in [-0.1, -0.05) is 0 Å². The fraction of sp³-hybridized carbons (Fsp3) is 0.500. The van der Waals surface area contributed by atoms with Gasteiger partial charge in [-0.2, -0.15) is 0 Å². The Morgan fingerprint density at radius 1 is 1.23 bits per heavy atom. The van der Waals surface area contributed by atoms with Gasteiger partial charge in [0.25, 0.3) is 0 Å². The van der Waals surface area contributed by atoms with E-state index in [9.17, 15) is 14.4 Å². The molecule has 0 aromatic rings. The smallest absolute Gasteiger partial charge is 0.372 e. The van der Waals surface area contributed by atoms with Crippen molar-refractivity contribution in [2.75, 3.05) is 7.11 Å². The topological polar surface area (TPSA) is 127 Å². The molecule has 0 aliphatic carbocycles. The minimum atomic E-state index is -1.58. The zero-order chi connectivity index (χ0) is 10.9. The maximum Gasteiger partial charge on any atom is 0.372 e. The van der Waals surface area contributed by atoms with Gasteiger partial charge in [0.15, 0.2) is 0 Å². The second-order valence-electron chi connectivity index (χ2n) is 1.86. The number of rotatable bonds is 4. The lowest BCUT2D eigenvalue weighted by molar-refractivity contribution is -0.149. The van der Waals surface area contributed by atoms with Gasteiger partial charge in [-0.05, 0) is 0 Å². The Hall–Kier alpha value is -1.47. The molecule has 0 saturated carbocycles. The molecule has 0 rings (SSSR count). The van der Waals surface area contributed by atoms with Gasteiger partial charge in [-0.25, -0.2) is 10.7 Å². The van der Waals surface area contributed by atoms with E-state index in [1.807, 2.05) is 0 Å². The van der Waals surface area contributed by atoms with Gasteiger partial charge in [-0.15, -0.1) is 0 Å². The van der Waals surface area contributed by atoms with Gasteiger partial charge in [0.2, 0.25) is 5.78 Å². The molecular weight excluding hydrogens is 182 g/mol. The van der Waals surface area contributed by atoms with Crippen molar-refractivity contribution in [1.82, 2.24) is 0 Å². The molecule has 0 aromatic carbocycles. The molecule has 0 radical (unpaired) electrons. The summed E-state index contributed by atoms with van der Waals surface area (Å²) in [5.74, 6) is 0.526. The molecule has 0 aromatic heterocycles. The van der Waals surface area contributed by atoms with Crippen LogP contribution in [-0.4, -0.2) is 35.0 Å². The Morgan fingerprint density at radius 2 is 1.62 bits per heavy atom. The van der Waals surface area contributed by atoms with Gasteiger partial charge in [0.1, 0.15) is 0 Å². The summed E-state index contributed by atoms with van der Waals surface area (Å²) in [6.07, 6.45) is -0.865. The lowest BCUT2D eigenvalue weighted by atomic mass is 10.2. The predicted molar refractivity (Wildman–Crippen MR) is 40.7 cm³/mol. The molecule has 7 heteroatoms. The summed E-state index contributed by atoms with van der Waals surface area (Å²) >= 11 is 0. The molecule has 0 bridgehead atoms.